The molecule has 0 aliphatic carbocycles. The molecule has 0 unspecified atom stereocenters. The third-order valence-electron chi connectivity index (χ3n) is 4.92. The van der Waals surface area contributed by atoms with Crippen molar-refractivity contribution in [2.75, 3.05) is 12.0 Å². The van der Waals surface area contributed by atoms with E-state index >= 15 is 0 Å². The smallest absolute Gasteiger partial charge is 0.318 e. The van der Waals surface area contributed by atoms with Crippen molar-refractivity contribution < 1.29 is 4.74 Å². The monoisotopic (exact) mass is 424 g/mol. The maximum atomic E-state index is 5.84. The highest BCUT2D eigenvalue weighted by Gasteiger charge is 2.08. The van der Waals surface area contributed by atoms with Crippen molar-refractivity contribution in [3.63, 3.8) is 0 Å². The molecule has 4 rings (SSSR count). The molecule has 0 aliphatic rings. The Labute approximate surface area is 187 Å². The second kappa shape index (κ2) is 10.3. The fourth-order valence-corrected chi connectivity index (χ4v) is 3.03. The van der Waals surface area contributed by atoms with E-state index in [9.17, 15) is 0 Å². The number of ether oxygens (including phenoxy) is 1. The first kappa shape index (κ1) is 21.1. The molecule has 4 aromatic rings. The molecule has 1 aromatic carbocycles. The molecule has 7 heteroatoms. The Morgan fingerprint density at radius 1 is 0.938 bits per heavy atom. The van der Waals surface area contributed by atoms with Gasteiger partial charge in [-0.1, -0.05) is 24.3 Å². The van der Waals surface area contributed by atoms with Crippen LogP contribution >= 0.6 is 0 Å². The fourth-order valence-electron chi connectivity index (χ4n) is 3.03. The number of hydrazone groups is 1. The Morgan fingerprint density at radius 2 is 1.81 bits per heavy atom. The average Bonchev–Trinajstić information content (AvgIpc) is 2.83. The molecule has 1 N–H and O–H groups in total. The molecule has 32 heavy (non-hydrogen) atoms. The van der Waals surface area contributed by atoms with Crippen molar-refractivity contribution in [3.8, 4) is 17.3 Å². The van der Waals surface area contributed by atoms with E-state index in [4.69, 9.17) is 4.74 Å². The summed E-state index contributed by atoms with van der Waals surface area (Å²) in [4.78, 5) is 17.4. The number of aryl methyl sites for hydroxylation is 2. The molecule has 3 aromatic heterocycles. The molecular weight excluding hydrogens is 400 g/mol. The quantitative estimate of drug-likeness (QED) is 0.328. The minimum atomic E-state index is 0.277. The summed E-state index contributed by atoms with van der Waals surface area (Å²) < 4.78 is 5.84. The number of rotatable bonds is 8. The van der Waals surface area contributed by atoms with Crippen LogP contribution in [0.5, 0.6) is 6.01 Å². The molecule has 0 saturated heterocycles. The largest absolute Gasteiger partial charge is 0.463 e. The molecule has 0 radical (unpaired) electrons. The predicted octanol–water partition coefficient (Wildman–Crippen LogP) is 4.62. The van der Waals surface area contributed by atoms with Gasteiger partial charge in [-0.15, -0.1) is 0 Å². The second-order valence-electron chi connectivity index (χ2n) is 7.29. The average molecular weight is 425 g/mol. The molecule has 0 bridgehead atoms. The summed E-state index contributed by atoms with van der Waals surface area (Å²) in [5.41, 5.74) is 9.07. The van der Waals surface area contributed by atoms with Gasteiger partial charge in [-0.2, -0.15) is 15.1 Å². The van der Waals surface area contributed by atoms with Gasteiger partial charge in [-0.3, -0.25) is 15.4 Å². The van der Waals surface area contributed by atoms with E-state index in [1.165, 1.54) is 11.1 Å². The third kappa shape index (κ3) is 5.72. The zero-order valence-electron chi connectivity index (χ0n) is 18.1. The van der Waals surface area contributed by atoms with Crippen molar-refractivity contribution in [3.05, 3.63) is 95.6 Å². The molecule has 0 spiro atoms. The van der Waals surface area contributed by atoms with E-state index in [1.54, 1.807) is 24.8 Å². The lowest BCUT2D eigenvalue weighted by molar-refractivity contribution is 0.296. The van der Waals surface area contributed by atoms with Crippen LogP contribution in [0.2, 0.25) is 0 Å². The molecule has 0 atom stereocenters. The minimum Gasteiger partial charge on any atom is -0.463 e. The van der Waals surface area contributed by atoms with E-state index in [2.05, 4.69) is 56.4 Å². The van der Waals surface area contributed by atoms with Crippen molar-refractivity contribution in [1.82, 2.24) is 19.9 Å². The summed E-state index contributed by atoms with van der Waals surface area (Å²) in [7, 11) is 0. The minimum absolute atomic E-state index is 0.277. The van der Waals surface area contributed by atoms with E-state index in [-0.39, 0.29) is 6.01 Å². The molecule has 0 amide bonds. The van der Waals surface area contributed by atoms with Crippen molar-refractivity contribution in [2.45, 2.75) is 20.3 Å². The maximum absolute atomic E-state index is 5.84. The summed E-state index contributed by atoms with van der Waals surface area (Å²) in [5.74, 6) is 0.541. The molecule has 3 heterocycles. The number of aromatic nitrogens is 4. The van der Waals surface area contributed by atoms with Crippen LogP contribution in [0.25, 0.3) is 11.3 Å². The summed E-state index contributed by atoms with van der Waals surface area (Å²) >= 11 is 0. The van der Waals surface area contributed by atoms with Crippen LogP contribution in [0.15, 0.2) is 78.3 Å². The molecular formula is C25H24N6O. The Kier molecular flexibility index (Phi) is 6.77. The zero-order valence-corrected chi connectivity index (χ0v) is 18.1. The maximum Gasteiger partial charge on any atom is 0.318 e. The molecule has 7 nitrogen and oxygen atoms in total. The van der Waals surface area contributed by atoms with Crippen molar-refractivity contribution >= 4 is 12.0 Å². The summed E-state index contributed by atoms with van der Waals surface area (Å²) in [6, 6.07) is 17.9. The fraction of sp³-hybridized carbons (Fsp3) is 0.160. The lowest BCUT2D eigenvalue weighted by Crippen LogP contribution is -2.07. The first-order valence-corrected chi connectivity index (χ1v) is 10.4. The highest BCUT2D eigenvalue weighted by Crippen LogP contribution is 2.22. The number of nitrogens with zero attached hydrogens (tertiary/aromatic N) is 5. The second-order valence-corrected chi connectivity index (χ2v) is 7.29. The van der Waals surface area contributed by atoms with E-state index < -0.39 is 0 Å². The number of hydrogen-bond acceptors (Lipinski definition) is 7. The molecule has 0 aliphatic heterocycles. The number of benzene rings is 1. The van der Waals surface area contributed by atoms with Crippen molar-refractivity contribution in [2.24, 2.45) is 5.10 Å². The van der Waals surface area contributed by atoms with Crippen LogP contribution in [0.4, 0.5) is 5.82 Å². The van der Waals surface area contributed by atoms with Gasteiger partial charge >= 0.3 is 6.01 Å². The summed E-state index contributed by atoms with van der Waals surface area (Å²) in [6.45, 7) is 4.59. The normalized spacial score (nSPS) is 10.9. The first-order valence-electron chi connectivity index (χ1n) is 10.4. The number of pyridine rings is 2. The van der Waals surface area contributed by atoms with Crippen LogP contribution in [0.1, 0.15) is 22.4 Å². The third-order valence-corrected chi connectivity index (χ3v) is 4.92. The Hall–Kier alpha value is -4.13. The van der Waals surface area contributed by atoms with Gasteiger partial charge in [0.25, 0.3) is 0 Å². The topological polar surface area (TPSA) is 85.2 Å². The predicted molar refractivity (Wildman–Crippen MR) is 126 cm³/mol. The van der Waals surface area contributed by atoms with Crippen molar-refractivity contribution in [1.29, 1.82) is 0 Å². The first-order chi connectivity index (χ1) is 15.7. The molecule has 160 valence electrons. The van der Waals surface area contributed by atoms with E-state index in [1.807, 2.05) is 42.5 Å². The lowest BCUT2D eigenvalue weighted by Gasteiger charge is -2.09. The van der Waals surface area contributed by atoms with Crippen LogP contribution in [-0.2, 0) is 6.42 Å². The van der Waals surface area contributed by atoms with Crippen LogP contribution in [0, 0.1) is 13.8 Å². The van der Waals surface area contributed by atoms with Gasteiger partial charge in [0.2, 0.25) is 0 Å². The Balaban J connectivity index is 1.51. The van der Waals surface area contributed by atoms with Crippen LogP contribution in [0.3, 0.4) is 0 Å². The number of hydrogen-bond donors (Lipinski definition) is 1. The van der Waals surface area contributed by atoms with Crippen LogP contribution in [-0.4, -0.2) is 32.8 Å². The molecule has 0 saturated carbocycles. The van der Waals surface area contributed by atoms with E-state index in [0.717, 1.165) is 22.5 Å². The lowest BCUT2D eigenvalue weighted by atomic mass is 10.1. The summed E-state index contributed by atoms with van der Waals surface area (Å²) in [6.07, 6.45) is 7.65. The highest BCUT2D eigenvalue weighted by molar-refractivity contribution is 5.80. The van der Waals surface area contributed by atoms with Gasteiger partial charge in [0.15, 0.2) is 5.82 Å². The van der Waals surface area contributed by atoms with Crippen LogP contribution < -0.4 is 10.2 Å². The Morgan fingerprint density at radius 3 is 2.59 bits per heavy atom. The highest BCUT2D eigenvalue weighted by atomic mass is 16.5. The Bertz CT molecular complexity index is 1200. The number of anilines is 1. The standard InChI is InChI=1S/C25H24N6O/c1-18-6-7-20(15-19(18)2)17-28-31-24-16-23(21-8-12-26-13-9-21)29-25(30-24)32-14-10-22-5-3-4-11-27-22/h3-9,11-13,15-17H,10,14H2,1-2H3,(H,29,30,31). The number of nitrogens with one attached hydrogen (secondary N) is 1. The SMILES string of the molecule is Cc1ccc(C=NNc2cc(-c3ccncc3)nc(OCCc3ccccn3)n2)cc1C. The molecule has 0 fully saturated rings. The van der Waals surface area contributed by atoms with Gasteiger partial charge in [0.1, 0.15) is 0 Å². The zero-order chi connectivity index (χ0) is 22.2. The van der Waals surface area contributed by atoms with E-state index in [0.29, 0.717) is 18.8 Å². The van der Waals surface area contributed by atoms with Gasteiger partial charge < -0.3 is 4.74 Å². The van der Waals surface area contributed by atoms with Gasteiger partial charge in [0, 0.05) is 42.3 Å². The van der Waals surface area contributed by atoms with Gasteiger partial charge in [-0.05, 0) is 54.8 Å². The van der Waals surface area contributed by atoms with Gasteiger partial charge in [0.05, 0.1) is 18.5 Å². The summed E-state index contributed by atoms with van der Waals surface area (Å²) in [5, 5.41) is 4.34. The van der Waals surface area contributed by atoms with Gasteiger partial charge in [-0.25, -0.2) is 0 Å².